The van der Waals surface area contributed by atoms with Crippen molar-refractivity contribution in [3.05, 3.63) is 41.4 Å². The summed E-state index contributed by atoms with van der Waals surface area (Å²) in [6.07, 6.45) is 7.71. The number of amides is 1. The average molecular weight is 439 g/mol. The maximum Gasteiger partial charge on any atom is 0.223 e. The SMILES string of the molecule is O=C(NC1CCCCC1)C1CCN(c2ccc3nnc(-c4ccccc4Cl)n3n2)CC1. The van der Waals surface area contributed by atoms with E-state index in [9.17, 15) is 4.79 Å². The van der Waals surface area contributed by atoms with E-state index >= 15 is 0 Å². The Morgan fingerprint density at radius 1 is 0.968 bits per heavy atom. The molecule has 5 rings (SSSR count). The Hall–Kier alpha value is -2.67. The fraction of sp³-hybridized carbons (Fsp3) is 0.478. The van der Waals surface area contributed by atoms with E-state index in [0.717, 1.165) is 50.2 Å². The van der Waals surface area contributed by atoms with Gasteiger partial charge < -0.3 is 10.2 Å². The fourth-order valence-corrected chi connectivity index (χ4v) is 4.92. The van der Waals surface area contributed by atoms with Crippen molar-refractivity contribution in [2.75, 3.05) is 18.0 Å². The van der Waals surface area contributed by atoms with Crippen LogP contribution in [0.4, 0.5) is 5.82 Å². The Morgan fingerprint density at radius 2 is 1.74 bits per heavy atom. The second-order valence-corrected chi connectivity index (χ2v) is 8.98. The molecule has 1 aromatic carbocycles. The molecular weight excluding hydrogens is 412 g/mol. The first-order valence-electron chi connectivity index (χ1n) is 11.2. The van der Waals surface area contributed by atoms with Crippen LogP contribution in [0.5, 0.6) is 0 Å². The summed E-state index contributed by atoms with van der Waals surface area (Å²) in [5.74, 6) is 1.82. The van der Waals surface area contributed by atoms with Crippen LogP contribution >= 0.6 is 11.6 Å². The van der Waals surface area contributed by atoms with Crippen LogP contribution < -0.4 is 10.2 Å². The van der Waals surface area contributed by atoms with Gasteiger partial charge in [-0.25, -0.2) is 0 Å². The standard InChI is InChI=1S/C23H27ClN6O/c24-19-9-5-4-8-18(19)22-27-26-20-10-11-21(28-30(20)22)29-14-12-16(13-15-29)23(31)25-17-6-2-1-3-7-17/h4-5,8-11,16-17H,1-3,6-7,12-15H2,(H,25,31). The van der Waals surface area contributed by atoms with E-state index in [2.05, 4.69) is 20.4 Å². The number of aromatic nitrogens is 4. The number of fused-ring (bicyclic) bond motifs is 1. The number of piperidine rings is 1. The third kappa shape index (κ3) is 4.24. The van der Waals surface area contributed by atoms with Crippen LogP contribution in [-0.2, 0) is 4.79 Å². The van der Waals surface area contributed by atoms with Crippen molar-refractivity contribution in [1.82, 2.24) is 25.1 Å². The molecule has 2 fully saturated rings. The van der Waals surface area contributed by atoms with Gasteiger partial charge in [0.05, 0.1) is 5.02 Å². The first-order chi connectivity index (χ1) is 15.2. The van der Waals surface area contributed by atoms with Gasteiger partial charge in [-0.05, 0) is 49.9 Å². The molecule has 2 aliphatic rings. The molecule has 0 atom stereocenters. The first-order valence-corrected chi connectivity index (χ1v) is 11.6. The number of anilines is 1. The molecule has 31 heavy (non-hydrogen) atoms. The summed E-state index contributed by atoms with van der Waals surface area (Å²) in [5.41, 5.74) is 1.49. The Kier molecular flexibility index (Phi) is 5.76. The monoisotopic (exact) mass is 438 g/mol. The van der Waals surface area contributed by atoms with E-state index < -0.39 is 0 Å². The van der Waals surface area contributed by atoms with Gasteiger partial charge in [0.1, 0.15) is 5.82 Å². The third-order valence-electron chi connectivity index (χ3n) is 6.50. The maximum absolute atomic E-state index is 12.7. The second kappa shape index (κ2) is 8.83. The lowest BCUT2D eigenvalue weighted by atomic mass is 9.92. The number of hydrogen-bond donors (Lipinski definition) is 1. The molecule has 1 N–H and O–H groups in total. The van der Waals surface area contributed by atoms with Crippen molar-refractivity contribution in [2.24, 2.45) is 5.92 Å². The average Bonchev–Trinajstić information content (AvgIpc) is 3.23. The Morgan fingerprint density at radius 3 is 2.52 bits per heavy atom. The molecule has 1 saturated heterocycles. The molecule has 162 valence electrons. The summed E-state index contributed by atoms with van der Waals surface area (Å²) < 4.78 is 1.75. The number of halogens is 1. The number of nitrogens with zero attached hydrogens (tertiary/aromatic N) is 5. The zero-order valence-electron chi connectivity index (χ0n) is 17.5. The quantitative estimate of drug-likeness (QED) is 0.663. The van der Waals surface area contributed by atoms with Crippen molar-refractivity contribution in [1.29, 1.82) is 0 Å². The Bertz CT molecular complexity index is 1070. The topological polar surface area (TPSA) is 75.4 Å². The van der Waals surface area contributed by atoms with Crippen molar-refractivity contribution >= 4 is 29.0 Å². The van der Waals surface area contributed by atoms with E-state index in [1.807, 2.05) is 36.4 Å². The summed E-state index contributed by atoms with van der Waals surface area (Å²) in [6.45, 7) is 1.62. The molecule has 0 radical (unpaired) electrons. The summed E-state index contributed by atoms with van der Waals surface area (Å²) in [7, 11) is 0. The van der Waals surface area contributed by atoms with Gasteiger partial charge in [0.15, 0.2) is 11.5 Å². The highest BCUT2D eigenvalue weighted by molar-refractivity contribution is 6.33. The van der Waals surface area contributed by atoms with Crippen molar-refractivity contribution in [3.8, 4) is 11.4 Å². The number of hydrogen-bond acceptors (Lipinski definition) is 5. The van der Waals surface area contributed by atoms with Gasteiger partial charge in [-0.3, -0.25) is 4.79 Å². The molecule has 3 aromatic rings. The zero-order valence-corrected chi connectivity index (χ0v) is 18.3. The minimum atomic E-state index is 0.0931. The third-order valence-corrected chi connectivity index (χ3v) is 6.83. The largest absolute Gasteiger partial charge is 0.355 e. The van der Waals surface area contributed by atoms with E-state index in [-0.39, 0.29) is 11.8 Å². The molecule has 1 aliphatic heterocycles. The number of carbonyl (C=O) groups excluding carboxylic acids is 1. The maximum atomic E-state index is 12.7. The molecule has 1 saturated carbocycles. The molecule has 3 heterocycles. The van der Waals surface area contributed by atoms with Gasteiger partial charge in [-0.15, -0.1) is 15.3 Å². The molecular formula is C23H27ClN6O. The fourth-order valence-electron chi connectivity index (χ4n) is 4.70. The van der Waals surface area contributed by atoms with Crippen LogP contribution in [0.25, 0.3) is 17.0 Å². The van der Waals surface area contributed by atoms with E-state index in [1.54, 1.807) is 4.52 Å². The minimum absolute atomic E-state index is 0.0931. The van der Waals surface area contributed by atoms with Gasteiger partial charge in [0.25, 0.3) is 0 Å². The predicted octanol–water partition coefficient (Wildman–Crippen LogP) is 4.11. The summed E-state index contributed by atoms with van der Waals surface area (Å²) >= 11 is 6.36. The molecule has 7 nitrogen and oxygen atoms in total. The molecule has 2 aromatic heterocycles. The number of benzene rings is 1. The number of carbonyl (C=O) groups is 1. The Labute approximate surface area is 186 Å². The molecule has 0 bridgehead atoms. The van der Waals surface area contributed by atoms with E-state index in [4.69, 9.17) is 16.7 Å². The molecule has 1 amide bonds. The highest BCUT2D eigenvalue weighted by atomic mass is 35.5. The molecule has 0 unspecified atom stereocenters. The normalized spacial score (nSPS) is 18.4. The minimum Gasteiger partial charge on any atom is -0.355 e. The Balaban J connectivity index is 1.28. The van der Waals surface area contributed by atoms with Crippen LogP contribution in [-0.4, -0.2) is 44.8 Å². The van der Waals surface area contributed by atoms with Crippen LogP contribution in [0.15, 0.2) is 36.4 Å². The highest BCUT2D eigenvalue weighted by Gasteiger charge is 2.28. The van der Waals surface area contributed by atoms with Crippen molar-refractivity contribution < 1.29 is 4.79 Å². The van der Waals surface area contributed by atoms with Gasteiger partial charge in [-0.2, -0.15) is 4.52 Å². The first kappa shape index (κ1) is 20.2. The van der Waals surface area contributed by atoms with Gasteiger partial charge in [0, 0.05) is 30.6 Å². The van der Waals surface area contributed by atoms with Crippen LogP contribution in [0, 0.1) is 5.92 Å². The smallest absolute Gasteiger partial charge is 0.223 e. The molecule has 8 heteroatoms. The lowest BCUT2D eigenvalue weighted by Gasteiger charge is -2.33. The number of rotatable bonds is 4. The highest BCUT2D eigenvalue weighted by Crippen LogP contribution is 2.28. The van der Waals surface area contributed by atoms with Crippen LogP contribution in [0.1, 0.15) is 44.9 Å². The molecule has 0 spiro atoms. The van der Waals surface area contributed by atoms with Crippen molar-refractivity contribution in [2.45, 2.75) is 51.0 Å². The second-order valence-electron chi connectivity index (χ2n) is 8.57. The molecule has 1 aliphatic carbocycles. The van der Waals surface area contributed by atoms with Crippen molar-refractivity contribution in [3.63, 3.8) is 0 Å². The van der Waals surface area contributed by atoms with Crippen LogP contribution in [0.3, 0.4) is 0 Å². The predicted molar refractivity (Wildman–Crippen MR) is 121 cm³/mol. The zero-order chi connectivity index (χ0) is 21.2. The van der Waals surface area contributed by atoms with Gasteiger partial charge >= 0.3 is 0 Å². The number of nitrogens with one attached hydrogen (secondary N) is 1. The summed E-state index contributed by atoms with van der Waals surface area (Å²) in [4.78, 5) is 14.9. The summed E-state index contributed by atoms with van der Waals surface area (Å²) in [5, 5.41) is 17.2. The van der Waals surface area contributed by atoms with E-state index in [1.165, 1.54) is 19.3 Å². The van der Waals surface area contributed by atoms with Gasteiger partial charge in [-0.1, -0.05) is 43.0 Å². The van der Waals surface area contributed by atoms with Gasteiger partial charge in [0.2, 0.25) is 5.91 Å². The van der Waals surface area contributed by atoms with E-state index in [0.29, 0.717) is 22.5 Å². The lowest BCUT2D eigenvalue weighted by molar-refractivity contribution is -0.126. The summed E-state index contributed by atoms with van der Waals surface area (Å²) in [6, 6.07) is 11.9. The van der Waals surface area contributed by atoms with Crippen LogP contribution in [0.2, 0.25) is 5.02 Å². The lowest BCUT2D eigenvalue weighted by Crippen LogP contribution is -2.44.